The minimum Gasteiger partial charge on any atom is -0.462 e. The molecule has 0 bridgehead atoms. The lowest BCUT2D eigenvalue weighted by Gasteiger charge is -2.07. The molecule has 0 radical (unpaired) electrons. The summed E-state index contributed by atoms with van der Waals surface area (Å²) in [5.74, 6) is -0.485. The number of ether oxygens (including phenoxy) is 2. The number of carbonyl (C=O) groups excluding carboxylic acids is 2. The van der Waals surface area contributed by atoms with E-state index in [1.54, 1.807) is 48.5 Å². The van der Waals surface area contributed by atoms with Crippen molar-refractivity contribution in [3.05, 3.63) is 64.7 Å². The maximum absolute atomic E-state index is 12.0. The van der Waals surface area contributed by atoms with Crippen LogP contribution in [0.4, 0.5) is 0 Å². The monoisotopic (exact) mass is 374 g/mol. The summed E-state index contributed by atoms with van der Waals surface area (Å²) in [5.41, 5.74) is 0.839. The van der Waals surface area contributed by atoms with Gasteiger partial charge in [0, 0.05) is 5.02 Å². The third-order valence-corrected chi connectivity index (χ3v) is 4.11. The fraction of sp³-hybridized carbons (Fsp3) is 0.333. The van der Waals surface area contributed by atoms with E-state index in [9.17, 15) is 9.59 Å². The second-order valence-corrected chi connectivity index (χ2v) is 6.41. The van der Waals surface area contributed by atoms with Gasteiger partial charge in [-0.15, -0.1) is 0 Å². The van der Waals surface area contributed by atoms with Gasteiger partial charge in [-0.1, -0.05) is 44.2 Å². The van der Waals surface area contributed by atoms with Crippen molar-refractivity contribution in [1.29, 1.82) is 0 Å². The SMILES string of the molecule is CCCCCCCOC(=O)c1ccc(OC(=O)c2ccc(Cl)cc2)cc1. The predicted octanol–water partition coefficient (Wildman–Crippen LogP) is 5.69. The molecule has 0 aliphatic heterocycles. The highest BCUT2D eigenvalue weighted by atomic mass is 35.5. The van der Waals surface area contributed by atoms with Gasteiger partial charge in [0.25, 0.3) is 0 Å². The van der Waals surface area contributed by atoms with E-state index in [-0.39, 0.29) is 5.97 Å². The number of halogens is 1. The van der Waals surface area contributed by atoms with Gasteiger partial charge in [0.05, 0.1) is 17.7 Å². The Morgan fingerprint density at radius 3 is 2.04 bits per heavy atom. The van der Waals surface area contributed by atoms with E-state index >= 15 is 0 Å². The molecule has 0 heterocycles. The Morgan fingerprint density at radius 2 is 1.38 bits per heavy atom. The number of hydrogen-bond donors (Lipinski definition) is 0. The van der Waals surface area contributed by atoms with Gasteiger partial charge in [-0.2, -0.15) is 0 Å². The van der Waals surface area contributed by atoms with E-state index in [1.165, 1.54) is 19.3 Å². The normalized spacial score (nSPS) is 10.4. The van der Waals surface area contributed by atoms with Crippen molar-refractivity contribution in [3.63, 3.8) is 0 Å². The molecule has 0 N–H and O–H groups in total. The Balaban J connectivity index is 1.80. The number of rotatable bonds is 9. The summed E-state index contributed by atoms with van der Waals surface area (Å²) < 4.78 is 10.5. The predicted molar refractivity (Wildman–Crippen MR) is 102 cm³/mol. The van der Waals surface area contributed by atoms with Crippen LogP contribution in [0.2, 0.25) is 5.02 Å². The Kier molecular flexibility index (Phi) is 8.16. The van der Waals surface area contributed by atoms with Gasteiger partial charge in [0.2, 0.25) is 0 Å². The minimum atomic E-state index is -0.482. The summed E-state index contributed by atoms with van der Waals surface area (Å²) in [7, 11) is 0. The van der Waals surface area contributed by atoms with Crippen LogP contribution in [0.25, 0.3) is 0 Å². The average Bonchev–Trinajstić information content (AvgIpc) is 2.65. The topological polar surface area (TPSA) is 52.6 Å². The number of hydrogen-bond acceptors (Lipinski definition) is 4. The van der Waals surface area contributed by atoms with Crippen LogP contribution in [-0.4, -0.2) is 18.5 Å². The van der Waals surface area contributed by atoms with Gasteiger partial charge >= 0.3 is 11.9 Å². The second kappa shape index (κ2) is 10.6. The molecule has 0 aliphatic carbocycles. The number of benzene rings is 2. The quantitative estimate of drug-likeness (QED) is 0.321. The van der Waals surface area contributed by atoms with Crippen molar-refractivity contribution >= 4 is 23.5 Å². The molecular weight excluding hydrogens is 352 g/mol. The highest BCUT2D eigenvalue weighted by Crippen LogP contribution is 2.16. The second-order valence-electron chi connectivity index (χ2n) is 5.97. The molecule has 2 aromatic carbocycles. The van der Waals surface area contributed by atoms with Crippen molar-refractivity contribution in [2.24, 2.45) is 0 Å². The van der Waals surface area contributed by atoms with Crippen molar-refractivity contribution < 1.29 is 19.1 Å². The van der Waals surface area contributed by atoms with Crippen molar-refractivity contribution in [1.82, 2.24) is 0 Å². The van der Waals surface area contributed by atoms with Crippen LogP contribution in [0.15, 0.2) is 48.5 Å². The molecule has 138 valence electrons. The molecule has 0 spiro atoms. The standard InChI is InChI=1S/C21H23ClO4/c1-2-3-4-5-6-15-25-20(23)16-9-13-19(14-10-16)26-21(24)17-7-11-18(22)12-8-17/h7-14H,2-6,15H2,1H3. The van der Waals surface area contributed by atoms with E-state index in [2.05, 4.69) is 6.92 Å². The fourth-order valence-corrected chi connectivity index (χ4v) is 2.49. The highest BCUT2D eigenvalue weighted by molar-refractivity contribution is 6.30. The summed E-state index contributed by atoms with van der Waals surface area (Å²) in [6.45, 7) is 2.59. The zero-order chi connectivity index (χ0) is 18.8. The minimum absolute atomic E-state index is 0.362. The maximum Gasteiger partial charge on any atom is 0.343 e. The van der Waals surface area contributed by atoms with Crippen LogP contribution < -0.4 is 4.74 Å². The van der Waals surface area contributed by atoms with E-state index < -0.39 is 5.97 Å². The largest absolute Gasteiger partial charge is 0.462 e. The lowest BCUT2D eigenvalue weighted by Crippen LogP contribution is -2.09. The van der Waals surface area contributed by atoms with Crippen LogP contribution in [0, 0.1) is 0 Å². The Labute approximate surface area is 159 Å². The van der Waals surface area contributed by atoms with Crippen LogP contribution in [-0.2, 0) is 4.74 Å². The first kappa shape index (κ1) is 20.0. The molecule has 2 rings (SSSR count). The molecule has 0 aliphatic rings. The number of esters is 2. The summed E-state index contributed by atoms with van der Waals surface area (Å²) in [5, 5.41) is 0.551. The maximum atomic E-state index is 12.0. The zero-order valence-corrected chi connectivity index (χ0v) is 15.6. The van der Waals surface area contributed by atoms with Crippen LogP contribution in [0.1, 0.15) is 59.7 Å². The summed E-state index contributed by atoms with van der Waals surface area (Å²) in [4.78, 5) is 24.0. The van der Waals surface area contributed by atoms with Crippen LogP contribution >= 0.6 is 11.6 Å². The van der Waals surface area contributed by atoms with Crippen molar-refractivity contribution in [3.8, 4) is 5.75 Å². The van der Waals surface area contributed by atoms with Gasteiger partial charge in [-0.05, 0) is 55.0 Å². The summed E-state index contributed by atoms with van der Waals surface area (Å²) in [6.07, 6.45) is 5.52. The lowest BCUT2D eigenvalue weighted by atomic mass is 10.2. The van der Waals surface area contributed by atoms with Gasteiger partial charge in [-0.25, -0.2) is 9.59 Å². The molecule has 5 heteroatoms. The molecule has 0 amide bonds. The molecule has 26 heavy (non-hydrogen) atoms. The van der Waals surface area contributed by atoms with E-state index in [0.29, 0.717) is 28.5 Å². The third-order valence-electron chi connectivity index (χ3n) is 3.86. The zero-order valence-electron chi connectivity index (χ0n) is 14.9. The summed E-state index contributed by atoms with van der Waals surface area (Å²) >= 11 is 5.80. The molecule has 0 saturated heterocycles. The Hall–Kier alpha value is -2.33. The summed E-state index contributed by atoms with van der Waals surface area (Å²) in [6, 6.07) is 12.8. The first-order valence-corrected chi connectivity index (χ1v) is 9.23. The number of unbranched alkanes of at least 4 members (excludes halogenated alkanes) is 4. The first-order chi connectivity index (χ1) is 12.6. The van der Waals surface area contributed by atoms with Crippen LogP contribution in [0.3, 0.4) is 0 Å². The molecule has 0 aromatic heterocycles. The van der Waals surface area contributed by atoms with E-state index in [1.807, 2.05) is 0 Å². The van der Waals surface area contributed by atoms with Gasteiger partial charge in [0.1, 0.15) is 5.75 Å². The van der Waals surface area contributed by atoms with E-state index in [4.69, 9.17) is 21.1 Å². The van der Waals surface area contributed by atoms with Gasteiger partial charge in [-0.3, -0.25) is 0 Å². The molecule has 4 nitrogen and oxygen atoms in total. The average molecular weight is 375 g/mol. The third kappa shape index (κ3) is 6.52. The van der Waals surface area contributed by atoms with Gasteiger partial charge in [0.15, 0.2) is 0 Å². The Morgan fingerprint density at radius 1 is 0.808 bits per heavy atom. The lowest BCUT2D eigenvalue weighted by molar-refractivity contribution is 0.0497. The molecule has 0 fully saturated rings. The highest BCUT2D eigenvalue weighted by Gasteiger charge is 2.10. The van der Waals surface area contributed by atoms with Crippen molar-refractivity contribution in [2.45, 2.75) is 39.0 Å². The molecular formula is C21H23ClO4. The van der Waals surface area contributed by atoms with E-state index in [0.717, 1.165) is 12.8 Å². The number of carbonyl (C=O) groups is 2. The van der Waals surface area contributed by atoms with Crippen LogP contribution in [0.5, 0.6) is 5.75 Å². The first-order valence-electron chi connectivity index (χ1n) is 8.85. The molecule has 0 unspecified atom stereocenters. The van der Waals surface area contributed by atoms with Crippen molar-refractivity contribution in [2.75, 3.05) is 6.61 Å². The molecule has 0 saturated carbocycles. The fourth-order valence-electron chi connectivity index (χ4n) is 2.36. The molecule has 0 atom stereocenters. The van der Waals surface area contributed by atoms with Gasteiger partial charge < -0.3 is 9.47 Å². The Bertz CT molecular complexity index is 708. The molecule has 2 aromatic rings. The smallest absolute Gasteiger partial charge is 0.343 e.